The van der Waals surface area contributed by atoms with E-state index in [1.54, 1.807) is 36.9 Å². The van der Waals surface area contributed by atoms with E-state index in [9.17, 15) is 18.0 Å². The van der Waals surface area contributed by atoms with Gasteiger partial charge in [-0.05, 0) is 43.9 Å². The molecule has 0 spiro atoms. The second-order valence-electron chi connectivity index (χ2n) is 7.04. The van der Waals surface area contributed by atoms with Gasteiger partial charge in [0.25, 0.3) is 0 Å². The number of hydrogen-bond donors (Lipinski definition) is 0. The molecule has 1 fully saturated rings. The molecule has 0 N–H and O–H groups in total. The molecule has 0 radical (unpaired) electrons. The van der Waals surface area contributed by atoms with E-state index in [4.69, 9.17) is 16.3 Å². The second-order valence-corrected chi connectivity index (χ2v) is 9.33. The molecular weight excluding hydrogens is 404 g/mol. The predicted molar refractivity (Wildman–Crippen MR) is 109 cm³/mol. The Hall–Kier alpha value is -1.80. The quantitative estimate of drug-likeness (QED) is 0.647. The molecule has 1 saturated heterocycles. The van der Waals surface area contributed by atoms with Crippen molar-refractivity contribution in [3.05, 3.63) is 28.8 Å². The molecule has 0 aliphatic carbocycles. The summed E-state index contributed by atoms with van der Waals surface area (Å²) in [7, 11) is -2.38. The molecule has 1 aromatic rings. The molecule has 0 aromatic heterocycles. The minimum absolute atomic E-state index is 0.227. The van der Waals surface area contributed by atoms with Gasteiger partial charge in [0.05, 0.1) is 25.0 Å². The first-order chi connectivity index (χ1) is 13.1. The maximum atomic E-state index is 13.2. The highest BCUT2D eigenvalue weighted by molar-refractivity contribution is 7.92. The fourth-order valence-corrected chi connectivity index (χ4v) is 4.97. The van der Waals surface area contributed by atoms with Crippen molar-refractivity contribution in [2.24, 2.45) is 5.92 Å². The van der Waals surface area contributed by atoms with Gasteiger partial charge in [-0.2, -0.15) is 0 Å². The van der Waals surface area contributed by atoms with E-state index in [0.29, 0.717) is 48.6 Å². The average molecular weight is 431 g/mol. The number of nitrogens with zero attached hydrogens (tertiary/aromatic N) is 2. The Morgan fingerprint density at radius 2 is 1.93 bits per heavy atom. The van der Waals surface area contributed by atoms with Gasteiger partial charge in [-0.15, -0.1) is 0 Å². The Labute approximate surface area is 171 Å². The van der Waals surface area contributed by atoms with Crippen molar-refractivity contribution in [2.75, 3.05) is 30.8 Å². The summed E-state index contributed by atoms with van der Waals surface area (Å²) in [6.07, 6.45) is 2.41. The van der Waals surface area contributed by atoms with Crippen LogP contribution in [-0.2, 0) is 24.3 Å². The predicted octanol–water partition coefficient (Wildman–Crippen LogP) is 2.60. The van der Waals surface area contributed by atoms with Crippen LogP contribution in [0, 0.1) is 12.8 Å². The molecule has 1 aromatic carbocycles. The number of anilines is 1. The zero-order valence-electron chi connectivity index (χ0n) is 16.6. The summed E-state index contributed by atoms with van der Waals surface area (Å²) in [4.78, 5) is 26.5. The molecule has 1 amide bonds. The highest BCUT2D eigenvalue weighted by Gasteiger charge is 2.37. The van der Waals surface area contributed by atoms with E-state index < -0.39 is 16.1 Å². The summed E-state index contributed by atoms with van der Waals surface area (Å²) in [5.74, 6) is -0.766. The Kier molecular flexibility index (Phi) is 7.33. The molecule has 156 valence electrons. The number of esters is 1. The van der Waals surface area contributed by atoms with E-state index >= 15 is 0 Å². The van der Waals surface area contributed by atoms with Gasteiger partial charge in [-0.1, -0.05) is 24.6 Å². The summed E-state index contributed by atoms with van der Waals surface area (Å²) in [6.45, 7) is 4.34. The van der Waals surface area contributed by atoms with Crippen molar-refractivity contribution in [1.82, 2.24) is 4.90 Å². The van der Waals surface area contributed by atoms with Crippen molar-refractivity contribution in [3.8, 4) is 0 Å². The number of amides is 1. The molecule has 28 heavy (non-hydrogen) atoms. The van der Waals surface area contributed by atoms with Gasteiger partial charge >= 0.3 is 5.97 Å². The minimum Gasteiger partial charge on any atom is -0.469 e. The van der Waals surface area contributed by atoms with Gasteiger partial charge in [-0.3, -0.25) is 13.9 Å². The van der Waals surface area contributed by atoms with E-state index in [-0.39, 0.29) is 17.8 Å². The highest BCUT2D eigenvalue weighted by Crippen LogP contribution is 2.30. The molecule has 0 bridgehead atoms. The summed E-state index contributed by atoms with van der Waals surface area (Å²) < 4.78 is 31.2. The fraction of sp³-hybridized carbons (Fsp3) is 0.579. The summed E-state index contributed by atoms with van der Waals surface area (Å²) in [5.41, 5.74) is 1.12. The van der Waals surface area contributed by atoms with E-state index in [1.165, 1.54) is 11.4 Å². The first-order valence-corrected chi connectivity index (χ1v) is 11.4. The number of sulfonamides is 1. The highest BCUT2D eigenvalue weighted by atomic mass is 35.5. The maximum absolute atomic E-state index is 13.2. The molecule has 0 saturated carbocycles. The molecule has 1 aliphatic heterocycles. The van der Waals surface area contributed by atoms with Gasteiger partial charge in [0, 0.05) is 18.1 Å². The second kappa shape index (κ2) is 9.13. The summed E-state index contributed by atoms with van der Waals surface area (Å²) in [5, 5.41) is 0.399. The summed E-state index contributed by atoms with van der Waals surface area (Å²) >= 11 is 6.09. The first kappa shape index (κ1) is 22.5. The van der Waals surface area contributed by atoms with Gasteiger partial charge in [-0.25, -0.2) is 8.42 Å². The topological polar surface area (TPSA) is 84.0 Å². The molecule has 7 nitrogen and oxygen atoms in total. The zero-order chi connectivity index (χ0) is 21.1. The number of benzene rings is 1. The van der Waals surface area contributed by atoms with Crippen LogP contribution in [0.25, 0.3) is 0 Å². The van der Waals surface area contributed by atoms with Crippen LogP contribution in [0.4, 0.5) is 5.69 Å². The monoisotopic (exact) mass is 430 g/mol. The van der Waals surface area contributed by atoms with Crippen molar-refractivity contribution >= 4 is 39.2 Å². The van der Waals surface area contributed by atoms with E-state index in [0.717, 1.165) is 6.26 Å². The smallest absolute Gasteiger partial charge is 0.308 e. The third kappa shape index (κ3) is 4.97. The molecule has 1 unspecified atom stereocenters. The number of likely N-dealkylation sites (tertiary alicyclic amines) is 1. The molecule has 1 heterocycles. The van der Waals surface area contributed by atoms with Crippen LogP contribution in [-0.4, -0.2) is 57.7 Å². The van der Waals surface area contributed by atoms with Crippen molar-refractivity contribution < 1.29 is 22.7 Å². The maximum Gasteiger partial charge on any atom is 0.308 e. The minimum atomic E-state index is -3.73. The molecular formula is C19H27ClN2O5S. The summed E-state index contributed by atoms with van der Waals surface area (Å²) in [6, 6.07) is 4.11. The van der Waals surface area contributed by atoms with Crippen molar-refractivity contribution in [2.45, 2.75) is 39.2 Å². The van der Waals surface area contributed by atoms with E-state index in [2.05, 4.69) is 0 Å². The number of carbonyl (C=O) groups excluding carboxylic acids is 2. The van der Waals surface area contributed by atoms with Gasteiger partial charge in [0.1, 0.15) is 6.04 Å². The van der Waals surface area contributed by atoms with Crippen LogP contribution in [0.2, 0.25) is 5.02 Å². The molecule has 9 heteroatoms. The normalized spacial score (nSPS) is 16.5. The number of carbonyl (C=O) groups is 2. The van der Waals surface area contributed by atoms with Crippen molar-refractivity contribution in [3.63, 3.8) is 0 Å². The van der Waals surface area contributed by atoms with Gasteiger partial charge in [0.2, 0.25) is 15.9 Å². The zero-order valence-corrected chi connectivity index (χ0v) is 18.2. The van der Waals surface area contributed by atoms with Gasteiger partial charge in [0.15, 0.2) is 0 Å². The van der Waals surface area contributed by atoms with Gasteiger partial charge < -0.3 is 9.64 Å². The van der Waals surface area contributed by atoms with Crippen LogP contribution in [0.3, 0.4) is 0 Å². The number of rotatable bonds is 6. The number of piperidine rings is 1. The Bertz CT molecular complexity index is 835. The van der Waals surface area contributed by atoms with Crippen LogP contribution < -0.4 is 4.31 Å². The van der Waals surface area contributed by atoms with Crippen molar-refractivity contribution in [1.29, 1.82) is 0 Å². The Morgan fingerprint density at radius 1 is 1.32 bits per heavy atom. The van der Waals surface area contributed by atoms with Crippen LogP contribution in [0.15, 0.2) is 18.2 Å². The lowest BCUT2D eigenvalue weighted by Crippen LogP contribution is -2.53. The van der Waals surface area contributed by atoms with E-state index in [1.807, 2.05) is 0 Å². The average Bonchev–Trinajstić information content (AvgIpc) is 2.66. The third-order valence-electron chi connectivity index (χ3n) is 5.06. The largest absolute Gasteiger partial charge is 0.469 e. The lowest BCUT2D eigenvalue weighted by atomic mass is 9.96. The Morgan fingerprint density at radius 3 is 2.43 bits per heavy atom. The van der Waals surface area contributed by atoms with Crippen LogP contribution >= 0.6 is 11.6 Å². The fourth-order valence-electron chi connectivity index (χ4n) is 3.55. The van der Waals surface area contributed by atoms with Crippen LogP contribution in [0.5, 0.6) is 0 Å². The third-order valence-corrected chi connectivity index (χ3v) is 6.46. The number of methoxy groups -OCH3 is 1. The molecule has 2 rings (SSSR count). The standard InChI is InChI=1S/C19H27ClN2O5S/c1-5-16(18(23)21-10-8-14(9-11-21)19(24)27-3)22(28(4,25)26)17-12-15(20)7-6-13(17)2/h6-7,12,14,16H,5,8-11H2,1-4H3. The van der Waals surface area contributed by atoms with Crippen LogP contribution in [0.1, 0.15) is 31.7 Å². The Balaban J connectivity index is 2.31. The number of aryl methyl sites for hydroxylation is 1. The number of hydrogen-bond acceptors (Lipinski definition) is 5. The SMILES string of the molecule is CCC(C(=O)N1CCC(C(=O)OC)CC1)N(c1cc(Cl)ccc1C)S(C)(=O)=O. The lowest BCUT2D eigenvalue weighted by molar-refractivity contribution is -0.149. The first-order valence-electron chi connectivity index (χ1n) is 9.22. The molecule has 1 atom stereocenters. The number of halogens is 1. The molecule has 1 aliphatic rings. The lowest BCUT2D eigenvalue weighted by Gasteiger charge is -2.37. The number of ether oxygens (including phenoxy) is 1.